The molecule has 0 heterocycles. The van der Waals surface area contributed by atoms with Gasteiger partial charge >= 0.3 is 0 Å². The molecule has 1 unspecified atom stereocenters. The molecule has 0 saturated heterocycles. The lowest BCUT2D eigenvalue weighted by Crippen LogP contribution is -2.44. The molecule has 0 bridgehead atoms. The van der Waals surface area contributed by atoms with Crippen LogP contribution in [0.15, 0.2) is 0 Å². The van der Waals surface area contributed by atoms with Crippen molar-refractivity contribution < 1.29 is 0 Å². The summed E-state index contributed by atoms with van der Waals surface area (Å²) in [5.41, 5.74) is 0. The summed E-state index contributed by atoms with van der Waals surface area (Å²) in [6.07, 6.45) is 11.7. The maximum atomic E-state index is 3.81. The zero-order valence-corrected chi connectivity index (χ0v) is 12.0. The van der Waals surface area contributed by atoms with Gasteiger partial charge in [0.05, 0.1) is 0 Å². The van der Waals surface area contributed by atoms with E-state index in [9.17, 15) is 0 Å². The van der Waals surface area contributed by atoms with Crippen molar-refractivity contribution >= 4 is 0 Å². The second-order valence-electron chi connectivity index (χ2n) is 7.08. The number of rotatable bonds is 8. The van der Waals surface area contributed by atoms with Crippen molar-refractivity contribution in [1.29, 1.82) is 0 Å². The second kappa shape index (κ2) is 5.92. The fraction of sp³-hybridized carbons (Fsp3) is 1.00. The number of nitrogens with zero attached hydrogens (tertiary/aromatic N) is 1. The average molecular weight is 250 g/mol. The molecule has 104 valence electrons. The van der Waals surface area contributed by atoms with Crippen molar-refractivity contribution in [2.45, 2.75) is 70.4 Å². The van der Waals surface area contributed by atoms with E-state index in [1.54, 1.807) is 0 Å². The molecule has 0 spiro atoms. The van der Waals surface area contributed by atoms with Gasteiger partial charge in [0.1, 0.15) is 0 Å². The first-order chi connectivity index (χ1) is 8.81. The Balaban J connectivity index is 1.41. The number of hydrogen-bond donors (Lipinski definition) is 1. The van der Waals surface area contributed by atoms with E-state index in [2.05, 4.69) is 17.1 Å². The average Bonchev–Trinajstić information content (AvgIpc) is 3.29. The predicted octanol–water partition coefficient (Wildman–Crippen LogP) is 3.03. The summed E-state index contributed by atoms with van der Waals surface area (Å²) < 4.78 is 0. The van der Waals surface area contributed by atoms with Crippen molar-refractivity contribution in [1.82, 2.24) is 10.2 Å². The van der Waals surface area contributed by atoms with Crippen molar-refractivity contribution in [3.8, 4) is 0 Å². The fourth-order valence-electron chi connectivity index (χ4n) is 3.29. The third kappa shape index (κ3) is 3.96. The van der Waals surface area contributed by atoms with Gasteiger partial charge in [0.25, 0.3) is 0 Å². The van der Waals surface area contributed by atoms with Crippen LogP contribution in [0.2, 0.25) is 0 Å². The van der Waals surface area contributed by atoms with Gasteiger partial charge in [0, 0.05) is 31.7 Å². The summed E-state index contributed by atoms with van der Waals surface area (Å²) in [6, 6.07) is 1.57. The zero-order chi connectivity index (χ0) is 12.4. The summed E-state index contributed by atoms with van der Waals surface area (Å²) in [6.45, 7) is 6.41. The highest BCUT2D eigenvalue weighted by atomic mass is 15.2. The Morgan fingerprint density at radius 3 is 2.00 bits per heavy atom. The van der Waals surface area contributed by atoms with Crippen LogP contribution in [0.1, 0.15) is 58.3 Å². The minimum absolute atomic E-state index is 0.742. The van der Waals surface area contributed by atoms with E-state index in [1.807, 2.05) is 0 Å². The van der Waals surface area contributed by atoms with Gasteiger partial charge in [-0.1, -0.05) is 12.8 Å². The summed E-state index contributed by atoms with van der Waals surface area (Å²) in [5, 5.41) is 3.81. The van der Waals surface area contributed by atoms with Gasteiger partial charge in [-0.05, 0) is 57.3 Å². The molecule has 1 atom stereocenters. The fourth-order valence-corrected chi connectivity index (χ4v) is 3.29. The number of nitrogens with one attached hydrogen (secondary N) is 1. The molecule has 3 rings (SSSR count). The van der Waals surface area contributed by atoms with E-state index < -0.39 is 0 Å². The molecule has 3 aliphatic rings. The Bertz CT molecular complexity index is 238. The van der Waals surface area contributed by atoms with Gasteiger partial charge in [-0.2, -0.15) is 0 Å². The van der Waals surface area contributed by atoms with E-state index in [0.29, 0.717) is 0 Å². The summed E-state index contributed by atoms with van der Waals surface area (Å²) in [7, 11) is 0. The van der Waals surface area contributed by atoms with Crippen LogP contribution in [0, 0.1) is 11.8 Å². The summed E-state index contributed by atoms with van der Waals surface area (Å²) in [4.78, 5) is 2.79. The lowest BCUT2D eigenvalue weighted by molar-refractivity contribution is 0.184. The Morgan fingerprint density at radius 2 is 1.50 bits per heavy atom. The molecule has 2 heteroatoms. The normalized spacial score (nSPS) is 27.0. The maximum Gasteiger partial charge on any atom is 0.0192 e. The van der Waals surface area contributed by atoms with Gasteiger partial charge in [-0.25, -0.2) is 0 Å². The van der Waals surface area contributed by atoms with Gasteiger partial charge in [-0.3, -0.25) is 4.90 Å². The van der Waals surface area contributed by atoms with Gasteiger partial charge in [-0.15, -0.1) is 0 Å². The molecule has 0 radical (unpaired) electrons. The van der Waals surface area contributed by atoms with Crippen molar-refractivity contribution in [2.75, 3.05) is 19.6 Å². The molecule has 3 fully saturated rings. The first kappa shape index (κ1) is 12.9. The molecular formula is C16H30N2. The Kier molecular flexibility index (Phi) is 4.25. The third-order valence-electron chi connectivity index (χ3n) is 5.06. The molecular weight excluding hydrogens is 220 g/mol. The SMILES string of the molecule is CC(CNC1CCCC1)N(CC1CC1)CC1CC1. The Morgan fingerprint density at radius 1 is 0.944 bits per heavy atom. The topological polar surface area (TPSA) is 15.3 Å². The highest BCUT2D eigenvalue weighted by Gasteiger charge is 2.31. The molecule has 0 aromatic carbocycles. The molecule has 2 nitrogen and oxygen atoms in total. The summed E-state index contributed by atoms with van der Waals surface area (Å²) in [5.74, 6) is 2.08. The van der Waals surface area contributed by atoms with Crippen LogP contribution in [0.25, 0.3) is 0 Å². The minimum Gasteiger partial charge on any atom is -0.312 e. The molecule has 3 saturated carbocycles. The largest absolute Gasteiger partial charge is 0.312 e. The van der Waals surface area contributed by atoms with E-state index >= 15 is 0 Å². The van der Waals surface area contributed by atoms with E-state index in [0.717, 1.165) is 23.9 Å². The first-order valence-electron chi connectivity index (χ1n) is 8.28. The highest BCUT2D eigenvalue weighted by Crippen LogP contribution is 2.34. The van der Waals surface area contributed by atoms with Gasteiger partial charge < -0.3 is 5.32 Å². The monoisotopic (exact) mass is 250 g/mol. The van der Waals surface area contributed by atoms with Crippen LogP contribution in [0.4, 0.5) is 0 Å². The van der Waals surface area contributed by atoms with Crippen molar-refractivity contribution in [3.05, 3.63) is 0 Å². The molecule has 0 aliphatic heterocycles. The van der Waals surface area contributed by atoms with Crippen LogP contribution in [0.5, 0.6) is 0 Å². The van der Waals surface area contributed by atoms with E-state index in [1.165, 1.54) is 71.0 Å². The van der Waals surface area contributed by atoms with Crippen LogP contribution in [0.3, 0.4) is 0 Å². The smallest absolute Gasteiger partial charge is 0.0192 e. The van der Waals surface area contributed by atoms with Gasteiger partial charge in [0.15, 0.2) is 0 Å². The quantitative estimate of drug-likeness (QED) is 0.712. The molecule has 0 aromatic heterocycles. The molecule has 18 heavy (non-hydrogen) atoms. The standard InChI is InChI=1S/C16H30N2/c1-13(10-17-16-4-2-3-5-16)18(11-14-6-7-14)12-15-8-9-15/h13-17H,2-12H2,1H3. The number of hydrogen-bond acceptors (Lipinski definition) is 2. The summed E-state index contributed by atoms with van der Waals surface area (Å²) >= 11 is 0. The molecule has 0 amide bonds. The minimum atomic E-state index is 0.742. The molecule has 0 aromatic rings. The van der Waals surface area contributed by atoms with Crippen molar-refractivity contribution in [2.24, 2.45) is 11.8 Å². The Labute approximate surface area is 113 Å². The van der Waals surface area contributed by atoms with Crippen molar-refractivity contribution in [3.63, 3.8) is 0 Å². The first-order valence-corrected chi connectivity index (χ1v) is 8.28. The van der Waals surface area contributed by atoms with Crippen LogP contribution in [-0.4, -0.2) is 36.6 Å². The van der Waals surface area contributed by atoms with E-state index in [4.69, 9.17) is 0 Å². The van der Waals surface area contributed by atoms with E-state index in [-0.39, 0.29) is 0 Å². The predicted molar refractivity (Wildman–Crippen MR) is 76.7 cm³/mol. The second-order valence-corrected chi connectivity index (χ2v) is 7.08. The lowest BCUT2D eigenvalue weighted by atomic mass is 10.2. The lowest BCUT2D eigenvalue weighted by Gasteiger charge is -2.30. The Hall–Kier alpha value is -0.0800. The highest BCUT2D eigenvalue weighted by molar-refractivity contribution is 4.86. The van der Waals surface area contributed by atoms with Crippen LogP contribution < -0.4 is 5.32 Å². The maximum absolute atomic E-state index is 3.81. The van der Waals surface area contributed by atoms with Crippen LogP contribution in [-0.2, 0) is 0 Å². The zero-order valence-electron chi connectivity index (χ0n) is 12.0. The van der Waals surface area contributed by atoms with Crippen LogP contribution >= 0.6 is 0 Å². The third-order valence-corrected chi connectivity index (χ3v) is 5.06. The molecule has 1 N–H and O–H groups in total. The molecule has 3 aliphatic carbocycles. The van der Waals surface area contributed by atoms with Gasteiger partial charge in [0.2, 0.25) is 0 Å².